The van der Waals surface area contributed by atoms with E-state index in [1.54, 1.807) is 42.6 Å². The maximum absolute atomic E-state index is 11.7. The van der Waals surface area contributed by atoms with E-state index in [0.29, 0.717) is 24.5 Å². The molecule has 6 nitrogen and oxygen atoms in total. The van der Waals surface area contributed by atoms with Crippen LogP contribution in [0.15, 0.2) is 48.7 Å². The second kappa shape index (κ2) is 5.80. The molecule has 2 aromatic rings. The summed E-state index contributed by atoms with van der Waals surface area (Å²) < 4.78 is 5.12. The fraction of sp³-hybridized carbons (Fsp3) is 0.200. The lowest BCUT2D eigenvalue weighted by molar-refractivity contribution is 0.141. The van der Waals surface area contributed by atoms with E-state index in [2.05, 4.69) is 10.3 Å². The molecule has 1 aromatic heterocycles. The number of benzene rings is 1. The molecule has 0 saturated carbocycles. The van der Waals surface area contributed by atoms with Crippen molar-refractivity contribution in [1.82, 2.24) is 4.98 Å². The number of carbonyl (C=O) groups is 1. The second-order valence-electron chi connectivity index (χ2n) is 4.79. The van der Waals surface area contributed by atoms with Gasteiger partial charge in [0, 0.05) is 13.1 Å². The number of rotatable bonds is 3. The zero-order valence-corrected chi connectivity index (χ0v) is 11.3. The van der Waals surface area contributed by atoms with Crippen molar-refractivity contribution in [2.75, 3.05) is 23.3 Å². The zero-order valence-electron chi connectivity index (χ0n) is 11.3. The molecule has 1 fully saturated rings. The van der Waals surface area contributed by atoms with Crippen LogP contribution in [-0.2, 0) is 0 Å². The monoisotopic (exact) mass is 285 g/mol. The highest BCUT2D eigenvalue weighted by atomic mass is 16.6. The van der Waals surface area contributed by atoms with E-state index in [1.807, 2.05) is 11.0 Å². The molecule has 2 N–H and O–H groups in total. The number of nitrogens with zero attached hydrogens (tertiary/aromatic N) is 2. The van der Waals surface area contributed by atoms with E-state index >= 15 is 0 Å². The molecule has 0 atom stereocenters. The number of pyridine rings is 1. The average molecular weight is 285 g/mol. The van der Waals surface area contributed by atoms with Gasteiger partial charge in [-0.05, 0) is 24.3 Å². The predicted molar refractivity (Wildman–Crippen MR) is 78.5 cm³/mol. The molecule has 1 saturated heterocycles. The van der Waals surface area contributed by atoms with Crippen molar-refractivity contribution in [1.29, 1.82) is 0 Å². The summed E-state index contributed by atoms with van der Waals surface area (Å²) in [6.45, 7) is 1.19. The Morgan fingerprint density at radius 2 is 2.00 bits per heavy atom. The number of carbonyl (C=O) groups excluding carboxylic acids is 1. The Kier molecular flexibility index (Phi) is 3.70. The van der Waals surface area contributed by atoms with Crippen LogP contribution in [-0.4, -0.2) is 35.4 Å². The van der Waals surface area contributed by atoms with Gasteiger partial charge in [-0.15, -0.1) is 0 Å². The van der Waals surface area contributed by atoms with Crippen molar-refractivity contribution in [2.45, 2.75) is 6.10 Å². The van der Waals surface area contributed by atoms with Crippen LogP contribution in [0.5, 0.6) is 5.75 Å². The van der Waals surface area contributed by atoms with Crippen molar-refractivity contribution >= 4 is 17.6 Å². The van der Waals surface area contributed by atoms with Crippen LogP contribution in [0.1, 0.15) is 0 Å². The van der Waals surface area contributed by atoms with Gasteiger partial charge in [-0.2, -0.15) is 0 Å². The van der Waals surface area contributed by atoms with E-state index in [9.17, 15) is 9.90 Å². The summed E-state index contributed by atoms with van der Waals surface area (Å²) >= 11 is 0. The molecule has 1 aliphatic rings. The third-order valence-electron chi connectivity index (χ3n) is 3.13. The Labute approximate surface area is 122 Å². The van der Waals surface area contributed by atoms with E-state index in [1.165, 1.54) is 0 Å². The smallest absolute Gasteiger partial charge is 0.410 e. The number of aliphatic hydroxyl groups is 1. The van der Waals surface area contributed by atoms with Gasteiger partial charge in [0.2, 0.25) is 0 Å². The van der Waals surface area contributed by atoms with Gasteiger partial charge < -0.3 is 14.7 Å². The molecule has 0 aliphatic carbocycles. The molecule has 1 aliphatic heterocycles. The first kappa shape index (κ1) is 13.4. The van der Waals surface area contributed by atoms with Crippen molar-refractivity contribution in [3.05, 3.63) is 48.7 Å². The van der Waals surface area contributed by atoms with Crippen molar-refractivity contribution in [3.63, 3.8) is 0 Å². The summed E-state index contributed by atoms with van der Waals surface area (Å²) in [6.07, 6.45) is 0.729. The van der Waals surface area contributed by atoms with E-state index in [0.717, 1.165) is 5.82 Å². The quantitative estimate of drug-likeness (QED) is 0.900. The van der Waals surface area contributed by atoms with Gasteiger partial charge in [0.25, 0.3) is 0 Å². The van der Waals surface area contributed by atoms with E-state index in [-0.39, 0.29) is 6.10 Å². The molecule has 1 aromatic carbocycles. The predicted octanol–water partition coefficient (Wildman–Crippen LogP) is 1.87. The topological polar surface area (TPSA) is 74.7 Å². The number of aliphatic hydroxyl groups excluding tert-OH is 1. The molecule has 21 heavy (non-hydrogen) atoms. The van der Waals surface area contributed by atoms with Gasteiger partial charge in [-0.3, -0.25) is 5.32 Å². The maximum atomic E-state index is 11.7. The fourth-order valence-corrected chi connectivity index (χ4v) is 2.03. The summed E-state index contributed by atoms with van der Waals surface area (Å²) in [5.74, 6) is 1.26. The number of nitrogens with one attached hydrogen (secondary N) is 1. The Morgan fingerprint density at radius 3 is 2.62 bits per heavy atom. The standard InChI is InChI=1S/C15H15N3O3/c19-12-9-18(10-12)14-7-6-11(8-16-14)17-15(20)21-13-4-2-1-3-5-13/h1-8,12,19H,9-10H2,(H,17,20). The van der Waals surface area contributed by atoms with Gasteiger partial charge in [-0.1, -0.05) is 18.2 Å². The van der Waals surface area contributed by atoms with Crippen LogP contribution in [0, 0.1) is 0 Å². The van der Waals surface area contributed by atoms with Crippen molar-refractivity contribution in [2.24, 2.45) is 0 Å². The number of para-hydroxylation sites is 1. The Morgan fingerprint density at radius 1 is 1.24 bits per heavy atom. The van der Waals surface area contributed by atoms with Crippen LogP contribution in [0.3, 0.4) is 0 Å². The summed E-state index contributed by atoms with van der Waals surface area (Å²) in [6, 6.07) is 12.4. The molecule has 108 valence electrons. The number of amides is 1. The third-order valence-corrected chi connectivity index (χ3v) is 3.13. The lowest BCUT2D eigenvalue weighted by atomic mass is 10.2. The molecular formula is C15H15N3O3. The van der Waals surface area contributed by atoms with Crippen LogP contribution in [0.4, 0.5) is 16.3 Å². The minimum Gasteiger partial charge on any atom is -0.410 e. The maximum Gasteiger partial charge on any atom is 0.417 e. The second-order valence-corrected chi connectivity index (χ2v) is 4.79. The summed E-state index contributed by atoms with van der Waals surface area (Å²) in [5, 5.41) is 11.9. The van der Waals surface area contributed by atoms with Gasteiger partial charge in [-0.25, -0.2) is 9.78 Å². The summed E-state index contributed by atoms with van der Waals surface area (Å²) in [5.41, 5.74) is 0.556. The lowest BCUT2D eigenvalue weighted by Gasteiger charge is -2.36. The first-order valence-corrected chi connectivity index (χ1v) is 6.63. The molecule has 6 heteroatoms. The Hall–Kier alpha value is -2.60. The first-order valence-electron chi connectivity index (χ1n) is 6.63. The lowest BCUT2D eigenvalue weighted by Crippen LogP contribution is -2.51. The number of aromatic nitrogens is 1. The number of hydrogen-bond acceptors (Lipinski definition) is 5. The van der Waals surface area contributed by atoms with Gasteiger partial charge in [0.1, 0.15) is 11.6 Å². The van der Waals surface area contributed by atoms with E-state index < -0.39 is 6.09 Å². The number of ether oxygens (including phenoxy) is 1. The number of anilines is 2. The molecule has 0 radical (unpaired) electrons. The SMILES string of the molecule is O=C(Nc1ccc(N2CC(O)C2)nc1)Oc1ccccc1. The summed E-state index contributed by atoms with van der Waals surface area (Å²) in [7, 11) is 0. The Bertz CT molecular complexity index is 610. The minimum absolute atomic E-state index is 0.273. The van der Waals surface area contributed by atoms with Crippen molar-refractivity contribution in [3.8, 4) is 5.75 Å². The van der Waals surface area contributed by atoms with E-state index in [4.69, 9.17) is 4.74 Å². The molecule has 0 spiro atoms. The zero-order chi connectivity index (χ0) is 14.7. The Balaban J connectivity index is 1.56. The number of hydrogen-bond donors (Lipinski definition) is 2. The molecule has 2 heterocycles. The normalized spacial score (nSPS) is 14.4. The molecule has 0 bridgehead atoms. The number of β-amino-alcohol motifs (C(OH)–C–C–N with tert-alkyl or cyclic N) is 1. The fourth-order valence-electron chi connectivity index (χ4n) is 2.03. The van der Waals surface area contributed by atoms with Crippen LogP contribution in [0.2, 0.25) is 0 Å². The third kappa shape index (κ3) is 3.29. The van der Waals surface area contributed by atoms with Crippen LogP contribution < -0.4 is 15.0 Å². The highest BCUT2D eigenvalue weighted by Crippen LogP contribution is 2.20. The highest BCUT2D eigenvalue weighted by Gasteiger charge is 2.25. The largest absolute Gasteiger partial charge is 0.417 e. The van der Waals surface area contributed by atoms with Crippen LogP contribution in [0.25, 0.3) is 0 Å². The van der Waals surface area contributed by atoms with Gasteiger partial charge >= 0.3 is 6.09 Å². The molecule has 3 rings (SSSR count). The molecule has 1 amide bonds. The van der Waals surface area contributed by atoms with Crippen molar-refractivity contribution < 1.29 is 14.6 Å². The molecular weight excluding hydrogens is 270 g/mol. The molecule has 0 unspecified atom stereocenters. The highest BCUT2D eigenvalue weighted by molar-refractivity contribution is 5.86. The minimum atomic E-state index is -0.560. The average Bonchev–Trinajstić information content (AvgIpc) is 2.46. The first-order chi connectivity index (χ1) is 10.2. The van der Waals surface area contributed by atoms with Gasteiger partial charge in [0.05, 0.1) is 18.0 Å². The van der Waals surface area contributed by atoms with Gasteiger partial charge in [0.15, 0.2) is 0 Å². The summed E-state index contributed by atoms with van der Waals surface area (Å²) in [4.78, 5) is 17.9. The van der Waals surface area contributed by atoms with Crippen LogP contribution >= 0.6 is 0 Å².